The Morgan fingerprint density at radius 2 is 1.94 bits per heavy atom. The van der Waals surface area contributed by atoms with E-state index in [9.17, 15) is 4.79 Å². The monoisotopic (exact) mass is 442 g/mol. The van der Waals surface area contributed by atoms with Gasteiger partial charge in [-0.1, -0.05) is 35.5 Å². The van der Waals surface area contributed by atoms with E-state index in [1.807, 2.05) is 23.1 Å². The van der Waals surface area contributed by atoms with Crippen molar-refractivity contribution in [2.24, 2.45) is 0 Å². The fraction of sp³-hybridized carbons (Fsp3) is 0.360. The van der Waals surface area contributed by atoms with Crippen molar-refractivity contribution >= 4 is 22.8 Å². The number of rotatable bonds is 5. The van der Waals surface area contributed by atoms with Crippen LogP contribution in [0.4, 0.5) is 5.82 Å². The van der Waals surface area contributed by atoms with E-state index in [4.69, 9.17) is 10.3 Å². The Balaban J connectivity index is 1.56. The zero-order chi connectivity index (χ0) is 22.7. The quantitative estimate of drug-likeness (QED) is 0.494. The van der Waals surface area contributed by atoms with Crippen molar-refractivity contribution in [1.82, 2.24) is 24.6 Å². The van der Waals surface area contributed by atoms with Crippen molar-refractivity contribution in [3.63, 3.8) is 0 Å². The molecule has 0 atom stereocenters. The maximum Gasteiger partial charge on any atom is 0.260 e. The van der Waals surface area contributed by atoms with Gasteiger partial charge in [0.1, 0.15) is 29.0 Å². The lowest BCUT2D eigenvalue weighted by atomic mass is 10.0. The number of nitrogens with zero attached hydrogens (tertiary/aromatic N) is 5. The predicted molar refractivity (Wildman–Crippen MR) is 125 cm³/mol. The van der Waals surface area contributed by atoms with Crippen LogP contribution in [0, 0.1) is 0 Å². The number of carbonyl (C=O) groups is 1. The standard InChI is InChI=1S/C25H26N6O2/c1-14(2)31-17-12-30(11-10-15-6-4-3-5-7-15)25(32)20-21(29-33-22(20)16-8-9-16)18(17)19-23(26)27-13-28-24(19)31/h3-7,13-14,16H,8-12H2,1-2H3,(H2,26,27,28). The summed E-state index contributed by atoms with van der Waals surface area (Å²) in [5, 5.41) is 5.19. The molecule has 4 aromatic rings. The first-order valence-corrected chi connectivity index (χ1v) is 11.5. The molecule has 8 heteroatoms. The highest BCUT2D eigenvalue weighted by atomic mass is 16.5. The SMILES string of the molecule is CC(C)n1c2c(c3c(N)ncnc31)-c1noc(C3CC3)c1C(=O)N(CCc1ccccc1)C2. The van der Waals surface area contributed by atoms with Crippen molar-refractivity contribution in [2.75, 3.05) is 12.3 Å². The van der Waals surface area contributed by atoms with Crippen LogP contribution in [-0.2, 0) is 13.0 Å². The van der Waals surface area contributed by atoms with Crippen LogP contribution >= 0.6 is 0 Å². The highest BCUT2D eigenvalue weighted by Gasteiger charge is 2.41. The summed E-state index contributed by atoms with van der Waals surface area (Å²) < 4.78 is 7.96. The average molecular weight is 443 g/mol. The second kappa shape index (κ2) is 7.43. The summed E-state index contributed by atoms with van der Waals surface area (Å²) in [4.78, 5) is 24.6. The summed E-state index contributed by atoms with van der Waals surface area (Å²) in [6.45, 7) is 5.27. The third-order valence-electron chi connectivity index (χ3n) is 6.69. The number of aromatic nitrogens is 4. The molecular formula is C25H26N6O2. The smallest absolute Gasteiger partial charge is 0.260 e. The van der Waals surface area contributed by atoms with Gasteiger partial charge in [0, 0.05) is 29.8 Å². The van der Waals surface area contributed by atoms with Gasteiger partial charge in [-0.25, -0.2) is 9.97 Å². The number of nitrogen functional groups attached to an aromatic ring is 1. The molecule has 6 rings (SSSR count). The van der Waals surface area contributed by atoms with Crippen molar-refractivity contribution < 1.29 is 9.32 Å². The van der Waals surface area contributed by atoms with E-state index in [1.54, 1.807) is 0 Å². The molecule has 2 N–H and O–H groups in total. The molecule has 0 bridgehead atoms. The molecule has 1 aromatic carbocycles. The summed E-state index contributed by atoms with van der Waals surface area (Å²) in [6.07, 6.45) is 4.30. The summed E-state index contributed by atoms with van der Waals surface area (Å²) in [7, 11) is 0. The molecule has 8 nitrogen and oxygen atoms in total. The van der Waals surface area contributed by atoms with Crippen LogP contribution in [0.2, 0.25) is 0 Å². The van der Waals surface area contributed by atoms with Crippen LogP contribution in [0.25, 0.3) is 22.3 Å². The van der Waals surface area contributed by atoms with Crippen LogP contribution in [0.1, 0.15) is 66.0 Å². The molecule has 0 saturated heterocycles. The van der Waals surface area contributed by atoms with Gasteiger partial charge in [-0.2, -0.15) is 0 Å². The van der Waals surface area contributed by atoms with Crippen LogP contribution in [0.5, 0.6) is 0 Å². The number of fused-ring (bicyclic) bond motifs is 5. The topological polar surface area (TPSA) is 103 Å². The first-order chi connectivity index (χ1) is 16.0. The normalized spacial score (nSPS) is 15.7. The summed E-state index contributed by atoms with van der Waals surface area (Å²) in [6, 6.07) is 10.4. The molecule has 0 radical (unpaired) electrons. The van der Waals surface area contributed by atoms with Crippen molar-refractivity contribution in [3.05, 3.63) is 59.2 Å². The molecule has 1 aliphatic heterocycles. The largest absolute Gasteiger partial charge is 0.383 e. The van der Waals surface area contributed by atoms with Gasteiger partial charge in [-0.15, -0.1) is 0 Å². The van der Waals surface area contributed by atoms with Gasteiger partial charge in [0.15, 0.2) is 5.76 Å². The maximum absolute atomic E-state index is 13.9. The zero-order valence-electron chi connectivity index (χ0n) is 18.8. The number of carbonyl (C=O) groups excluding carboxylic acids is 1. The highest BCUT2D eigenvalue weighted by molar-refractivity contribution is 6.09. The van der Waals surface area contributed by atoms with Crippen LogP contribution in [0.15, 0.2) is 41.2 Å². The molecule has 33 heavy (non-hydrogen) atoms. The molecule has 2 aliphatic rings. The Morgan fingerprint density at radius 3 is 2.67 bits per heavy atom. The van der Waals surface area contributed by atoms with Crippen molar-refractivity contribution in [1.29, 1.82) is 0 Å². The van der Waals surface area contributed by atoms with E-state index >= 15 is 0 Å². The second-order valence-electron chi connectivity index (χ2n) is 9.25. The van der Waals surface area contributed by atoms with E-state index in [2.05, 4.69) is 45.7 Å². The lowest BCUT2D eigenvalue weighted by molar-refractivity contribution is 0.0742. The predicted octanol–water partition coefficient (Wildman–Crippen LogP) is 4.33. The van der Waals surface area contributed by atoms with Crippen LogP contribution < -0.4 is 5.73 Å². The summed E-state index contributed by atoms with van der Waals surface area (Å²) in [5.41, 5.74) is 11.3. The fourth-order valence-corrected chi connectivity index (χ4v) is 4.98. The van der Waals surface area contributed by atoms with Gasteiger partial charge >= 0.3 is 0 Å². The van der Waals surface area contributed by atoms with Crippen LogP contribution in [0.3, 0.4) is 0 Å². The van der Waals surface area contributed by atoms with Crippen LogP contribution in [-0.4, -0.2) is 37.0 Å². The summed E-state index contributed by atoms with van der Waals surface area (Å²) in [5.74, 6) is 1.32. The van der Waals surface area contributed by atoms with E-state index < -0.39 is 0 Å². The highest BCUT2D eigenvalue weighted by Crippen LogP contribution is 2.48. The molecule has 1 saturated carbocycles. The molecule has 0 unspecified atom stereocenters. The minimum Gasteiger partial charge on any atom is -0.383 e. The Hall–Kier alpha value is -3.68. The first-order valence-electron chi connectivity index (χ1n) is 11.5. The Labute approximate surface area is 191 Å². The minimum absolute atomic E-state index is 0.0286. The number of hydrogen-bond acceptors (Lipinski definition) is 6. The van der Waals surface area contributed by atoms with Gasteiger partial charge in [-0.05, 0) is 38.7 Å². The van der Waals surface area contributed by atoms with Gasteiger partial charge < -0.3 is 19.7 Å². The average Bonchev–Trinajstić information content (AvgIpc) is 3.49. The molecule has 168 valence electrons. The molecule has 1 amide bonds. The molecule has 1 fully saturated rings. The van der Waals surface area contributed by atoms with E-state index in [0.717, 1.165) is 41.6 Å². The first kappa shape index (κ1) is 20.0. The van der Waals surface area contributed by atoms with E-state index in [-0.39, 0.29) is 17.9 Å². The number of amides is 1. The van der Waals surface area contributed by atoms with E-state index in [0.29, 0.717) is 35.9 Å². The minimum atomic E-state index is -0.0286. The molecule has 0 spiro atoms. The number of benzene rings is 1. The Morgan fingerprint density at radius 1 is 1.15 bits per heavy atom. The number of nitrogens with two attached hydrogens (primary N) is 1. The van der Waals surface area contributed by atoms with Crippen molar-refractivity contribution in [3.8, 4) is 11.3 Å². The molecule has 3 aromatic heterocycles. The molecule has 1 aliphatic carbocycles. The van der Waals surface area contributed by atoms with Gasteiger partial charge in [0.2, 0.25) is 0 Å². The van der Waals surface area contributed by atoms with Gasteiger partial charge in [0.25, 0.3) is 5.91 Å². The second-order valence-corrected chi connectivity index (χ2v) is 9.25. The Bertz CT molecular complexity index is 1370. The van der Waals surface area contributed by atoms with Crippen molar-refractivity contribution in [2.45, 2.75) is 51.6 Å². The molecular weight excluding hydrogens is 416 g/mol. The van der Waals surface area contributed by atoms with Gasteiger partial charge in [-0.3, -0.25) is 4.79 Å². The number of hydrogen-bond donors (Lipinski definition) is 1. The third-order valence-corrected chi connectivity index (χ3v) is 6.69. The number of anilines is 1. The fourth-order valence-electron chi connectivity index (χ4n) is 4.98. The Kier molecular flexibility index (Phi) is 4.50. The summed E-state index contributed by atoms with van der Waals surface area (Å²) >= 11 is 0. The lowest BCUT2D eigenvalue weighted by Gasteiger charge is -2.23. The van der Waals surface area contributed by atoms with Gasteiger partial charge in [0.05, 0.1) is 11.9 Å². The lowest BCUT2D eigenvalue weighted by Crippen LogP contribution is -2.33. The zero-order valence-corrected chi connectivity index (χ0v) is 18.8. The molecule has 4 heterocycles. The van der Waals surface area contributed by atoms with E-state index in [1.165, 1.54) is 11.9 Å². The third kappa shape index (κ3) is 3.12. The maximum atomic E-state index is 13.9.